The van der Waals surface area contributed by atoms with Gasteiger partial charge in [-0.1, -0.05) is 18.2 Å². The van der Waals surface area contributed by atoms with Gasteiger partial charge in [-0.05, 0) is 30.0 Å². The quantitative estimate of drug-likeness (QED) is 0.521. The van der Waals surface area contributed by atoms with Crippen LogP contribution in [-0.2, 0) is 22.5 Å². The summed E-state index contributed by atoms with van der Waals surface area (Å²) in [4.78, 5) is 28.9. The number of ether oxygens (including phenoxy) is 1. The minimum atomic E-state index is -0.310. The van der Waals surface area contributed by atoms with Crippen LogP contribution in [0.25, 0.3) is 11.0 Å². The second-order valence-corrected chi connectivity index (χ2v) is 6.46. The van der Waals surface area contributed by atoms with Crippen molar-refractivity contribution in [3.63, 3.8) is 0 Å². The van der Waals surface area contributed by atoms with Crippen molar-refractivity contribution < 1.29 is 14.3 Å². The number of esters is 1. The summed E-state index contributed by atoms with van der Waals surface area (Å²) in [7, 11) is 1.38. The predicted molar refractivity (Wildman–Crippen MR) is 96.7 cm³/mol. The molecule has 0 aliphatic carbocycles. The van der Waals surface area contributed by atoms with Crippen LogP contribution in [0.1, 0.15) is 21.9 Å². The van der Waals surface area contributed by atoms with E-state index in [4.69, 9.17) is 4.74 Å². The first-order valence-corrected chi connectivity index (χ1v) is 8.89. The molecule has 0 aliphatic heterocycles. The van der Waals surface area contributed by atoms with Gasteiger partial charge in [-0.15, -0.1) is 11.3 Å². The van der Waals surface area contributed by atoms with E-state index in [1.807, 2.05) is 40.3 Å². The van der Waals surface area contributed by atoms with Crippen molar-refractivity contribution in [2.45, 2.75) is 19.4 Å². The number of methoxy groups -OCH3 is 1. The summed E-state index contributed by atoms with van der Waals surface area (Å²) in [6.45, 7) is 0.687. The zero-order valence-electron chi connectivity index (χ0n) is 13.9. The van der Waals surface area contributed by atoms with Crippen LogP contribution in [0, 0.1) is 0 Å². The van der Waals surface area contributed by atoms with Crippen LogP contribution < -0.4 is 5.32 Å². The van der Waals surface area contributed by atoms with Crippen LogP contribution in [0.3, 0.4) is 0 Å². The van der Waals surface area contributed by atoms with Crippen molar-refractivity contribution in [3.05, 3.63) is 52.5 Å². The molecule has 7 heteroatoms. The Morgan fingerprint density at radius 2 is 2.08 bits per heavy atom. The summed E-state index contributed by atoms with van der Waals surface area (Å²) in [5.74, 6) is 0.449. The van der Waals surface area contributed by atoms with Gasteiger partial charge in [0.05, 0.1) is 23.0 Å². The molecule has 0 radical (unpaired) electrons. The summed E-state index contributed by atoms with van der Waals surface area (Å²) in [5.41, 5.74) is 1.76. The molecule has 0 unspecified atom stereocenters. The molecule has 0 fully saturated rings. The molecule has 3 rings (SSSR count). The maximum Gasteiger partial charge on any atom is 0.325 e. The van der Waals surface area contributed by atoms with Crippen LogP contribution in [0.15, 0.2) is 41.8 Å². The van der Waals surface area contributed by atoms with Gasteiger partial charge < -0.3 is 14.6 Å². The van der Waals surface area contributed by atoms with Gasteiger partial charge in [0.15, 0.2) is 0 Å². The average Bonchev–Trinajstić information content (AvgIpc) is 3.27. The molecule has 25 heavy (non-hydrogen) atoms. The molecule has 2 aromatic heterocycles. The number of aryl methyl sites for hydroxylation is 1. The summed E-state index contributed by atoms with van der Waals surface area (Å²) in [6, 6.07) is 11.4. The zero-order chi connectivity index (χ0) is 17.6. The van der Waals surface area contributed by atoms with Crippen LogP contribution in [0.2, 0.25) is 0 Å². The molecule has 1 N–H and O–H groups in total. The predicted octanol–water partition coefficient (Wildman–Crippen LogP) is 2.63. The summed E-state index contributed by atoms with van der Waals surface area (Å²) in [6.07, 6.45) is 1.40. The minimum Gasteiger partial charge on any atom is -0.468 e. The molecule has 130 valence electrons. The lowest BCUT2D eigenvalue weighted by Crippen LogP contribution is -2.24. The lowest BCUT2D eigenvalue weighted by atomic mass is 10.3. The second-order valence-electron chi connectivity index (χ2n) is 5.52. The fourth-order valence-corrected chi connectivity index (χ4v) is 3.27. The summed E-state index contributed by atoms with van der Waals surface area (Å²) >= 11 is 1.42. The van der Waals surface area contributed by atoms with Crippen molar-refractivity contribution >= 4 is 34.2 Å². The highest BCUT2D eigenvalue weighted by Crippen LogP contribution is 2.17. The number of nitrogens with one attached hydrogen (secondary N) is 1. The first-order valence-electron chi connectivity index (χ1n) is 8.01. The summed E-state index contributed by atoms with van der Waals surface area (Å²) in [5, 5.41) is 4.78. The Balaban J connectivity index is 1.65. The van der Waals surface area contributed by atoms with Crippen molar-refractivity contribution in [1.82, 2.24) is 14.9 Å². The molecular weight excluding hydrogens is 338 g/mol. The maximum atomic E-state index is 11.9. The third-order valence-electron chi connectivity index (χ3n) is 3.86. The molecule has 0 bridgehead atoms. The minimum absolute atomic E-state index is 0.0573. The fraction of sp³-hybridized carbons (Fsp3) is 0.278. The number of aromatic nitrogens is 2. The van der Waals surface area contributed by atoms with Crippen molar-refractivity contribution in [2.24, 2.45) is 0 Å². The van der Waals surface area contributed by atoms with Crippen LogP contribution in [0.4, 0.5) is 0 Å². The monoisotopic (exact) mass is 357 g/mol. The second kappa shape index (κ2) is 7.94. The molecule has 0 saturated carbocycles. The highest BCUT2D eigenvalue weighted by atomic mass is 32.1. The number of imidazole rings is 1. The van der Waals surface area contributed by atoms with Gasteiger partial charge in [0.1, 0.15) is 12.4 Å². The topological polar surface area (TPSA) is 73.2 Å². The Kier molecular flexibility index (Phi) is 5.45. The first-order chi connectivity index (χ1) is 12.2. The van der Waals surface area contributed by atoms with Gasteiger partial charge in [0.25, 0.3) is 5.91 Å². The highest BCUT2D eigenvalue weighted by molar-refractivity contribution is 7.12. The molecular formula is C18H19N3O3S. The van der Waals surface area contributed by atoms with E-state index in [0.717, 1.165) is 23.3 Å². The van der Waals surface area contributed by atoms with Gasteiger partial charge in [-0.2, -0.15) is 0 Å². The lowest BCUT2D eigenvalue weighted by Gasteiger charge is -2.08. The number of para-hydroxylation sites is 2. The van der Waals surface area contributed by atoms with E-state index in [1.165, 1.54) is 18.4 Å². The van der Waals surface area contributed by atoms with Gasteiger partial charge in [-0.3, -0.25) is 9.59 Å². The van der Waals surface area contributed by atoms with E-state index in [1.54, 1.807) is 6.07 Å². The number of nitrogens with zero attached hydrogens (tertiary/aromatic N) is 2. The molecule has 1 amide bonds. The number of fused-ring (bicyclic) bond motifs is 1. The van der Waals surface area contributed by atoms with Crippen molar-refractivity contribution in [1.29, 1.82) is 0 Å². The smallest absolute Gasteiger partial charge is 0.325 e. The van der Waals surface area contributed by atoms with E-state index < -0.39 is 0 Å². The first kappa shape index (κ1) is 17.2. The van der Waals surface area contributed by atoms with E-state index in [2.05, 4.69) is 10.3 Å². The highest BCUT2D eigenvalue weighted by Gasteiger charge is 2.13. The third kappa shape index (κ3) is 4.06. The molecule has 0 aliphatic rings. The largest absolute Gasteiger partial charge is 0.468 e. The van der Waals surface area contributed by atoms with E-state index in [9.17, 15) is 9.59 Å². The normalized spacial score (nSPS) is 10.8. The van der Waals surface area contributed by atoms with Gasteiger partial charge in [0.2, 0.25) is 0 Å². The number of hydrogen-bond donors (Lipinski definition) is 1. The van der Waals surface area contributed by atoms with E-state index >= 15 is 0 Å². The Morgan fingerprint density at radius 3 is 2.84 bits per heavy atom. The summed E-state index contributed by atoms with van der Waals surface area (Å²) < 4.78 is 6.66. The van der Waals surface area contributed by atoms with Crippen LogP contribution in [-0.4, -0.2) is 35.1 Å². The Labute approximate surface area is 149 Å². The van der Waals surface area contributed by atoms with Crippen molar-refractivity contribution in [2.75, 3.05) is 13.7 Å². The Morgan fingerprint density at radius 1 is 1.24 bits per heavy atom. The number of carbonyl (C=O) groups is 2. The number of carbonyl (C=O) groups excluding carboxylic acids is 2. The Hall–Kier alpha value is -2.67. The van der Waals surface area contributed by atoms with Gasteiger partial charge in [-0.25, -0.2) is 4.98 Å². The van der Waals surface area contributed by atoms with E-state index in [0.29, 0.717) is 17.8 Å². The number of thiophene rings is 1. The average molecular weight is 357 g/mol. The molecule has 0 saturated heterocycles. The third-order valence-corrected chi connectivity index (χ3v) is 4.72. The van der Waals surface area contributed by atoms with E-state index in [-0.39, 0.29) is 18.4 Å². The molecule has 6 nitrogen and oxygen atoms in total. The Bertz CT molecular complexity index is 871. The zero-order valence-corrected chi connectivity index (χ0v) is 14.7. The van der Waals surface area contributed by atoms with Crippen molar-refractivity contribution in [3.8, 4) is 0 Å². The number of amides is 1. The SMILES string of the molecule is COC(=O)Cn1c(CCCNC(=O)c2cccs2)nc2ccccc21. The molecule has 0 spiro atoms. The molecule has 1 aromatic carbocycles. The van der Waals surface area contributed by atoms with Gasteiger partial charge in [0, 0.05) is 13.0 Å². The number of rotatable bonds is 7. The standard InChI is InChI=1S/C18H19N3O3S/c1-24-17(22)12-21-14-7-3-2-6-13(14)20-16(21)9-4-10-19-18(23)15-8-5-11-25-15/h2-3,5-8,11H,4,9-10,12H2,1H3,(H,19,23). The molecule has 2 heterocycles. The van der Waals surface area contributed by atoms with Crippen LogP contribution in [0.5, 0.6) is 0 Å². The number of hydrogen-bond acceptors (Lipinski definition) is 5. The maximum absolute atomic E-state index is 11.9. The van der Waals surface area contributed by atoms with Gasteiger partial charge >= 0.3 is 5.97 Å². The van der Waals surface area contributed by atoms with Crippen LogP contribution >= 0.6 is 11.3 Å². The lowest BCUT2D eigenvalue weighted by molar-refractivity contribution is -0.141. The fourth-order valence-electron chi connectivity index (χ4n) is 2.63. The molecule has 3 aromatic rings. The molecule has 0 atom stereocenters. The number of benzene rings is 1.